The van der Waals surface area contributed by atoms with Crippen LogP contribution in [0.3, 0.4) is 0 Å². The molecule has 0 radical (unpaired) electrons. The lowest BCUT2D eigenvalue weighted by Gasteiger charge is -2.08. The van der Waals surface area contributed by atoms with Crippen molar-refractivity contribution >= 4 is 28.8 Å². The fourth-order valence-corrected chi connectivity index (χ4v) is 3.08. The van der Waals surface area contributed by atoms with Crippen molar-refractivity contribution in [2.45, 2.75) is 0 Å². The maximum Gasteiger partial charge on any atom is 0.259 e. The van der Waals surface area contributed by atoms with Crippen LogP contribution in [0.25, 0.3) is 11.3 Å². The topological polar surface area (TPSA) is 74.7 Å². The second-order valence-electron chi connectivity index (χ2n) is 6.51. The van der Waals surface area contributed by atoms with Gasteiger partial charge in [0.15, 0.2) is 5.78 Å². The zero-order valence-electron chi connectivity index (χ0n) is 15.7. The minimum atomic E-state index is -0.493. The van der Waals surface area contributed by atoms with Crippen LogP contribution in [0.15, 0.2) is 106 Å². The zero-order valence-corrected chi connectivity index (χ0v) is 16.5. The van der Waals surface area contributed by atoms with E-state index < -0.39 is 5.56 Å². The summed E-state index contributed by atoms with van der Waals surface area (Å²) in [4.78, 5) is 28.4. The summed E-state index contributed by atoms with van der Waals surface area (Å²) in [5, 5.41) is 9.14. The molecule has 0 amide bonds. The van der Waals surface area contributed by atoms with E-state index in [0.29, 0.717) is 33.2 Å². The van der Waals surface area contributed by atoms with E-state index in [0.717, 1.165) is 0 Å². The zero-order chi connectivity index (χ0) is 20.9. The molecule has 146 valence electrons. The molecule has 1 aromatic heterocycles. The Morgan fingerprint density at radius 2 is 1.43 bits per heavy atom. The number of carbonyl (C=O) groups excluding carboxylic acids is 1. The number of ketones is 1. The molecule has 0 aliphatic rings. The molecule has 0 saturated heterocycles. The number of hydrogen-bond acceptors (Lipinski definition) is 4. The van der Waals surface area contributed by atoms with Gasteiger partial charge >= 0.3 is 0 Å². The first-order valence-corrected chi connectivity index (χ1v) is 9.59. The first-order valence-electron chi connectivity index (χ1n) is 9.21. The molecule has 0 spiro atoms. The Bertz CT molecular complexity index is 1270. The number of nitrogens with zero attached hydrogens (tertiary/aromatic N) is 2. The van der Waals surface area contributed by atoms with E-state index in [1.165, 1.54) is 6.07 Å². The quantitative estimate of drug-likeness (QED) is 0.306. The van der Waals surface area contributed by atoms with Crippen LogP contribution in [0, 0.1) is 0 Å². The smallest absolute Gasteiger partial charge is 0.259 e. The summed E-state index contributed by atoms with van der Waals surface area (Å²) in [6.07, 6.45) is 0. The largest absolute Gasteiger partial charge is 0.319 e. The highest BCUT2D eigenvalue weighted by Crippen LogP contribution is 2.30. The van der Waals surface area contributed by atoms with Crippen LogP contribution < -0.4 is 5.56 Å². The van der Waals surface area contributed by atoms with E-state index in [1.807, 2.05) is 36.4 Å². The molecule has 0 saturated carbocycles. The number of aromatic amines is 1. The summed E-state index contributed by atoms with van der Waals surface area (Å²) in [5.41, 5.74) is 2.13. The van der Waals surface area contributed by atoms with Crippen LogP contribution in [0.5, 0.6) is 0 Å². The standard InChI is InChI=1S/C24H16ClN3O2/c25-18-13-11-16(12-14-18)22-21(28-27-19-9-5-2-6-10-19)15-20(24(30)26-22)23(29)17-7-3-1-4-8-17/h1-15H,(H,26,30). The molecule has 0 atom stereocenters. The number of aromatic nitrogens is 1. The highest BCUT2D eigenvalue weighted by Gasteiger charge is 2.17. The van der Waals surface area contributed by atoms with Crippen molar-refractivity contribution in [1.29, 1.82) is 0 Å². The molecule has 0 bridgehead atoms. The molecule has 6 heteroatoms. The third kappa shape index (κ3) is 4.26. The normalized spacial score (nSPS) is 11.0. The average molecular weight is 414 g/mol. The van der Waals surface area contributed by atoms with Crippen LogP contribution >= 0.6 is 11.6 Å². The monoisotopic (exact) mass is 413 g/mol. The number of carbonyl (C=O) groups is 1. The van der Waals surface area contributed by atoms with Crippen molar-refractivity contribution in [3.8, 4) is 11.3 Å². The Balaban J connectivity index is 1.84. The Labute approximate surface area is 177 Å². The van der Waals surface area contributed by atoms with E-state index in [1.54, 1.807) is 48.5 Å². The Hall–Kier alpha value is -3.83. The van der Waals surface area contributed by atoms with E-state index in [2.05, 4.69) is 15.2 Å². The molecule has 0 fully saturated rings. The molecular weight excluding hydrogens is 398 g/mol. The lowest BCUT2D eigenvalue weighted by molar-refractivity contribution is 0.103. The van der Waals surface area contributed by atoms with Gasteiger partial charge < -0.3 is 4.98 Å². The van der Waals surface area contributed by atoms with Gasteiger partial charge in [-0.05, 0) is 30.3 Å². The van der Waals surface area contributed by atoms with Crippen LogP contribution in [-0.2, 0) is 0 Å². The molecule has 3 aromatic carbocycles. The number of hydrogen-bond donors (Lipinski definition) is 1. The first kappa shape index (κ1) is 19.5. The van der Waals surface area contributed by atoms with Gasteiger partial charge in [0, 0.05) is 16.1 Å². The fraction of sp³-hybridized carbons (Fsp3) is 0. The minimum Gasteiger partial charge on any atom is -0.319 e. The van der Waals surface area contributed by atoms with Crippen LogP contribution in [-0.4, -0.2) is 10.8 Å². The highest BCUT2D eigenvalue weighted by molar-refractivity contribution is 6.30. The molecule has 0 aliphatic carbocycles. The number of rotatable bonds is 5. The maximum atomic E-state index is 12.9. The number of azo groups is 1. The number of pyridine rings is 1. The molecule has 5 nitrogen and oxygen atoms in total. The summed E-state index contributed by atoms with van der Waals surface area (Å²) >= 11 is 5.99. The van der Waals surface area contributed by atoms with Gasteiger partial charge in [-0.25, -0.2) is 0 Å². The second kappa shape index (κ2) is 8.68. The highest BCUT2D eigenvalue weighted by atomic mass is 35.5. The number of H-pyrrole nitrogens is 1. The van der Waals surface area contributed by atoms with Gasteiger partial charge in [0.1, 0.15) is 5.69 Å². The second-order valence-corrected chi connectivity index (χ2v) is 6.95. The number of nitrogens with one attached hydrogen (secondary N) is 1. The predicted octanol–water partition coefficient (Wildman–Crippen LogP) is 6.34. The van der Waals surface area contributed by atoms with Crippen molar-refractivity contribution in [1.82, 2.24) is 4.98 Å². The van der Waals surface area contributed by atoms with Crippen molar-refractivity contribution < 1.29 is 4.79 Å². The molecule has 30 heavy (non-hydrogen) atoms. The molecular formula is C24H16ClN3O2. The molecule has 0 unspecified atom stereocenters. The maximum absolute atomic E-state index is 12.9. The molecule has 4 aromatic rings. The van der Waals surface area contributed by atoms with Gasteiger partial charge in [-0.3, -0.25) is 9.59 Å². The van der Waals surface area contributed by atoms with E-state index in [-0.39, 0.29) is 11.3 Å². The van der Waals surface area contributed by atoms with Gasteiger partial charge in [0.05, 0.1) is 16.9 Å². The number of halogens is 1. The van der Waals surface area contributed by atoms with Gasteiger partial charge in [0.2, 0.25) is 0 Å². The van der Waals surface area contributed by atoms with Crippen molar-refractivity contribution in [3.63, 3.8) is 0 Å². The SMILES string of the molecule is O=C(c1ccccc1)c1cc(N=Nc2ccccc2)c(-c2ccc(Cl)cc2)[nH]c1=O. The number of benzene rings is 3. The summed E-state index contributed by atoms with van der Waals surface area (Å²) < 4.78 is 0. The van der Waals surface area contributed by atoms with Crippen LogP contribution in [0.4, 0.5) is 11.4 Å². The Kier molecular flexibility index (Phi) is 5.63. The van der Waals surface area contributed by atoms with Gasteiger partial charge in [0.25, 0.3) is 5.56 Å². The summed E-state index contributed by atoms with van der Waals surface area (Å²) in [6, 6.07) is 26.3. The van der Waals surface area contributed by atoms with Gasteiger partial charge in [-0.15, -0.1) is 5.11 Å². The lowest BCUT2D eigenvalue weighted by atomic mass is 10.0. The van der Waals surface area contributed by atoms with Crippen LogP contribution in [0.2, 0.25) is 5.02 Å². The van der Waals surface area contributed by atoms with Crippen LogP contribution in [0.1, 0.15) is 15.9 Å². The molecule has 4 rings (SSSR count). The predicted molar refractivity (Wildman–Crippen MR) is 118 cm³/mol. The first-order chi connectivity index (χ1) is 14.6. The lowest BCUT2D eigenvalue weighted by Crippen LogP contribution is -2.18. The van der Waals surface area contributed by atoms with E-state index in [4.69, 9.17) is 11.6 Å². The third-order valence-electron chi connectivity index (χ3n) is 4.46. The molecule has 1 heterocycles. The average Bonchev–Trinajstić information content (AvgIpc) is 2.79. The third-order valence-corrected chi connectivity index (χ3v) is 4.72. The fourth-order valence-electron chi connectivity index (χ4n) is 2.95. The summed E-state index contributed by atoms with van der Waals surface area (Å²) in [7, 11) is 0. The van der Waals surface area contributed by atoms with Gasteiger partial charge in [-0.1, -0.05) is 72.3 Å². The molecule has 1 N–H and O–H groups in total. The molecule has 0 aliphatic heterocycles. The summed E-state index contributed by atoms with van der Waals surface area (Å²) in [6.45, 7) is 0. The van der Waals surface area contributed by atoms with Crippen molar-refractivity contribution in [2.24, 2.45) is 10.2 Å². The van der Waals surface area contributed by atoms with E-state index >= 15 is 0 Å². The summed E-state index contributed by atoms with van der Waals surface area (Å²) in [5.74, 6) is -0.379. The van der Waals surface area contributed by atoms with E-state index in [9.17, 15) is 9.59 Å². The minimum absolute atomic E-state index is 0.000857. The Morgan fingerprint density at radius 1 is 0.800 bits per heavy atom. The van der Waals surface area contributed by atoms with Crippen molar-refractivity contribution in [3.05, 3.63) is 117 Å². The Morgan fingerprint density at radius 3 is 2.10 bits per heavy atom. The van der Waals surface area contributed by atoms with Gasteiger partial charge in [-0.2, -0.15) is 5.11 Å². The van der Waals surface area contributed by atoms with Crippen molar-refractivity contribution in [2.75, 3.05) is 0 Å².